The number of nitrogens with zero attached hydrogens (tertiary/aromatic N) is 6. The summed E-state index contributed by atoms with van der Waals surface area (Å²) >= 11 is 6.18. The first-order chi connectivity index (χ1) is 18.2. The highest BCUT2D eigenvalue weighted by molar-refractivity contribution is 6.31. The molecule has 0 atom stereocenters. The number of ether oxygens (including phenoxy) is 1. The van der Waals surface area contributed by atoms with E-state index >= 15 is 0 Å². The molecule has 38 heavy (non-hydrogen) atoms. The van der Waals surface area contributed by atoms with Crippen molar-refractivity contribution in [2.45, 2.75) is 0 Å². The number of methoxy groups -OCH3 is 1. The first-order valence-electron chi connectivity index (χ1n) is 11.9. The molecular weight excluding hydrogens is 504 g/mol. The fourth-order valence-corrected chi connectivity index (χ4v) is 4.13. The van der Waals surface area contributed by atoms with Gasteiger partial charge in [0.2, 0.25) is 11.9 Å². The van der Waals surface area contributed by atoms with E-state index in [1.807, 2.05) is 57.0 Å². The highest BCUT2D eigenvalue weighted by atomic mass is 35.5. The van der Waals surface area contributed by atoms with Crippen LogP contribution < -0.4 is 20.3 Å². The van der Waals surface area contributed by atoms with E-state index in [1.54, 1.807) is 25.4 Å². The summed E-state index contributed by atoms with van der Waals surface area (Å²) in [5, 5.41) is 6.77. The summed E-state index contributed by atoms with van der Waals surface area (Å²) in [5.74, 6) is 1.28. The van der Waals surface area contributed by atoms with Crippen LogP contribution >= 0.6 is 11.6 Å². The summed E-state index contributed by atoms with van der Waals surface area (Å²) in [4.78, 5) is 30.2. The van der Waals surface area contributed by atoms with Crippen LogP contribution in [0, 0.1) is 0 Å². The predicted octanol–water partition coefficient (Wildman–Crippen LogP) is 4.56. The number of hydrogen-bond acceptors (Lipinski definition) is 8. The van der Waals surface area contributed by atoms with E-state index in [2.05, 4.69) is 32.0 Å². The van der Waals surface area contributed by atoms with Crippen LogP contribution in [0.2, 0.25) is 5.02 Å². The van der Waals surface area contributed by atoms with Gasteiger partial charge in [-0.05, 0) is 50.5 Å². The Bertz CT molecular complexity index is 1480. The van der Waals surface area contributed by atoms with Crippen molar-refractivity contribution in [3.8, 4) is 17.3 Å². The first kappa shape index (κ1) is 26.9. The number of halogens is 1. The fourth-order valence-electron chi connectivity index (χ4n) is 3.96. The summed E-state index contributed by atoms with van der Waals surface area (Å²) in [6.45, 7) is 5.15. The molecule has 10 nitrogen and oxygen atoms in total. The average Bonchev–Trinajstić information content (AvgIpc) is 3.23. The third-order valence-electron chi connectivity index (χ3n) is 6.03. The number of benzene rings is 2. The Balaban J connectivity index is 1.70. The molecule has 0 fully saturated rings. The molecule has 4 aromatic rings. The van der Waals surface area contributed by atoms with E-state index in [9.17, 15) is 4.79 Å². The maximum atomic E-state index is 12.2. The smallest absolute Gasteiger partial charge is 0.247 e. The molecule has 0 saturated heterocycles. The largest absolute Gasteiger partial charge is 0.494 e. The molecule has 0 aliphatic rings. The van der Waals surface area contributed by atoms with Crippen molar-refractivity contribution in [1.82, 2.24) is 24.4 Å². The monoisotopic (exact) mass is 534 g/mol. The highest BCUT2D eigenvalue weighted by Crippen LogP contribution is 2.38. The first-order valence-corrected chi connectivity index (χ1v) is 12.3. The van der Waals surface area contributed by atoms with Crippen molar-refractivity contribution in [2.75, 3.05) is 56.9 Å². The van der Waals surface area contributed by atoms with Gasteiger partial charge in [-0.15, -0.1) is 0 Å². The summed E-state index contributed by atoms with van der Waals surface area (Å²) in [5.41, 5.74) is 4.35. The van der Waals surface area contributed by atoms with E-state index in [0.717, 1.165) is 29.8 Å². The Kier molecular flexibility index (Phi) is 8.13. The fraction of sp³-hybridized carbons (Fsp3) is 0.259. The lowest BCUT2D eigenvalue weighted by atomic mass is 10.2. The number of fused-ring (bicyclic) bond motifs is 1. The summed E-state index contributed by atoms with van der Waals surface area (Å²) in [6, 6.07) is 11.0. The van der Waals surface area contributed by atoms with Crippen molar-refractivity contribution in [3.63, 3.8) is 0 Å². The standard InChI is InChI=1S/C27H31ClN8O2/c1-7-25(37)30-20-15-21(24(38-6)16-22(20)35(4)13-12-34(2)3)33-27-29-11-10-19(32-27)26-31-18-9-8-17(28)14-23(18)36(26)5/h7-11,14-16H,1,12-13H2,2-6H3,(H,30,37)(H,29,32,33). The number of aromatic nitrogens is 4. The quantitative estimate of drug-likeness (QED) is 0.286. The van der Waals surface area contributed by atoms with Crippen molar-refractivity contribution >= 4 is 51.6 Å². The van der Waals surface area contributed by atoms with Crippen LogP contribution in [-0.4, -0.2) is 71.7 Å². The second-order valence-electron chi connectivity index (χ2n) is 9.01. The number of carbonyl (C=O) groups excluding carboxylic acids is 1. The predicted molar refractivity (Wildman–Crippen MR) is 154 cm³/mol. The molecule has 0 aliphatic heterocycles. The molecule has 0 radical (unpaired) electrons. The highest BCUT2D eigenvalue weighted by Gasteiger charge is 2.17. The molecular formula is C27H31ClN8O2. The van der Waals surface area contributed by atoms with Crippen molar-refractivity contribution in [3.05, 3.63) is 60.3 Å². The lowest BCUT2D eigenvalue weighted by Crippen LogP contribution is -2.29. The molecule has 11 heteroatoms. The molecule has 1 amide bonds. The van der Waals surface area contributed by atoms with Gasteiger partial charge in [0.05, 0.1) is 35.2 Å². The molecule has 2 N–H and O–H groups in total. The molecule has 0 bridgehead atoms. The summed E-state index contributed by atoms with van der Waals surface area (Å²) in [7, 11) is 9.50. The summed E-state index contributed by atoms with van der Waals surface area (Å²) in [6.07, 6.45) is 2.89. The van der Waals surface area contributed by atoms with Crippen LogP contribution in [0.25, 0.3) is 22.6 Å². The average molecular weight is 535 g/mol. The molecule has 0 saturated carbocycles. The van der Waals surface area contributed by atoms with E-state index in [0.29, 0.717) is 39.6 Å². The van der Waals surface area contributed by atoms with E-state index < -0.39 is 0 Å². The van der Waals surface area contributed by atoms with Gasteiger partial charge in [-0.1, -0.05) is 18.2 Å². The minimum Gasteiger partial charge on any atom is -0.494 e. The number of aryl methyl sites for hydroxylation is 1. The van der Waals surface area contributed by atoms with E-state index in [4.69, 9.17) is 26.3 Å². The molecule has 0 spiro atoms. The number of carbonyl (C=O) groups is 1. The Labute approximate surface area is 226 Å². The Morgan fingerprint density at radius 2 is 1.92 bits per heavy atom. The second kappa shape index (κ2) is 11.5. The minimum absolute atomic E-state index is 0.316. The topological polar surface area (TPSA) is 100 Å². The number of nitrogens with one attached hydrogen (secondary N) is 2. The lowest BCUT2D eigenvalue weighted by molar-refractivity contribution is -0.111. The Morgan fingerprint density at radius 3 is 2.63 bits per heavy atom. The van der Waals surface area contributed by atoms with Gasteiger partial charge in [-0.2, -0.15) is 0 Å². The van der Waals surface area contributed by atoms with Crippen LogP contribution in [0.4, 0.5) is 23.0 Å². The third-order valence-corrected chi connectivity index (χ3v) is 6.26. The number of likely N-dealkylation sites (N-methyl/N-ethyl adjacent to an activating group) is 2. The van der Waals surface area contributed by atoms with E-state index in [-0.39, 0.29) is 5.91 Å². The SMILES string of the molecule is C=CC(=O)Nc1cc(Nc2nccc(-c3nc4ccc(Cl)cc4n3C)n2)c(OC)cc1N(C)CCN(C)C. The van der Waals surface area contributed by atoms with Gasteiger partial charge in [0.15, 0.2) is 5.82 Å². The molecule has 2 aromatic heterocycles. The molecule has 2 aromatic carbocycles. The zero-order valence-electron chi connectivity index (χ0n) is 22.1. The maximum Gasteiger partial charge on any atom is 0.247 e. The van der Waals surface area contributed by atoms with Gasteiger partial charge in [-0.25, -0.2) is 15.0 Å². The minimum atomic E-state index is -0.316. The van der Waals surface area contributed by atoms with Crippen molar-refractivity contribution in [2.24, 2.45) is 7.05 Å². The van der Waals surface area contributed by atoms with E-state index in [1.165, 1.54) is 6.08 Å². The zero-order valence-corrected chi connectivity index (χ0v) is 22.9. The molecule has 0 unspecified atom stereocenters. The van der Waals surface area contributed by atoms with Gasteiger partial charge in [0, 0.05) is 44.5 Å². The van der Waals surface area contributed by atoms with Gasteiger partial charge < -0.3 is 29.7 Å². The molecule has 2 heterocycles. The van der Waals surface area contributed by atoms with Crippen LogP contribution in [0.3, 0.4) is 0 Å². The molecule has 198 valence electrons. The van der Waals surface area contributed by atoms with Crippen LogP contribution in [0.1, 0.15) is 0 Å². The van der Waals surface area contributed by atoms with Crippen molar-refractivity contribution < 1.29 is 9.53 Å². The summed E-state index contributed by atoms with van der Waals surface area (Å²) < 4.78 is 7.63. The van der Waals surface area contributed by atoms with Crippen LogP contribution in [0.5, 0.6) is 5.75 Å². The van der Waals surface area contributed by atoms with Crippen LogP contribution in [-0.2, 0) is 11.8 Å². The normalized spacial score (nSPS) is 11.0. The second-order valence-corrected chi connectivity index (χ2v) is 9.44. The zero-order chi connectivity index (χ0) is 27.4. The Morgan fingerprint density at radius 1 is 1.13 bits per heavy atom. The number of hydrogen-bond donors (Lipinski definition) is 2. The Hall–Kier alpha value is -4.15. The van der Waals surface area contributed by atoms with Gasteiger partial charge in [0.1, 0.15) is 11.4 Å². The third kappa shape index (κ3) is 5.87. The molecule has 0 aliphatic carbocycles. The maximum absolute atomic E-state index is 12.2. The van der Waals surface area contributed by atoms with Gasteiger partial charge in [-0.3, -0.25) is 4.79 Å². The van der Waals surface area contributed by atoms with Gasteiger partial charge in [0.25, 0.3) is 0 Å². The molecule has 4 rings (SSSR count). The number of rotatable bonds is 10. The van der Waals surface area contributed by atoms with Crippen LogP contribution in [0.15, 0.2) is 55.3 Å². The lowest BCUT2D eigenvalue weighted by Gasteiger charge is -2.26. The number of imidazole rings is 1. The van der Waals surface area contributed by atoms with Crippen molar-refractivity contribution in [1.29, 1.82) is 0 Å². The van der Waals surface area contributed by atoms with Gasteiger partial charge >= 0.3 is 0 Å². The number of anilines is 4. The number of amides is 1.